The fourth-order valence-corrected chi connectivity index (χ4v) is 7.12. The summed E-state index contributed by atoms with van der Waals surface area (Å²) in [5, 5.41) is 8.32. The zero-order chi connectivity index (χ0) is 25.9. The lowest BCUT2D eigenvalue weighted by molar-refractivity contribution is -0.129. The van der Waals surface area contributed by atoms with Crippen LogP contribution in [0.4, 0.5) is 10.9 Å². The number of aromatic nitrogens is 3. The number of anilines is 2. The van der Waals surface area contributed by atoms with Crippen LogP contribution in [-0.2, 0) is 4.79 Å². The van der Waals surface area contributed by atoms with Crippen molar-refractivity contribution in [1.82, 2.24) is 19.9 Å². The maximum atomic E-state index is 11.7. The van der Waals surface area contributed by atoms with Crippen molar-refractivity contribution in [3.63, 3.8) is 0 Å². The number of hydrogen-bond donors (Lipinski definition) is 1. The first kappa shape index (κ1) is 27.4. The summed E-state index contributed by atoms with van der Waals surface area (Å²) in [5.74, 6) is 2.48. The average Bonchev–Trinajstić information content (AvgIpc) is 3.61. The van der Waals surface area contributed by atoms with Gasteiger partial charge in [0.1, 0.15) is 5.75 Å². The number of carbonyl (C=O) groups excluding carboxylic acids is 1. The number of fused-ring (bicyclic) bond motifs is 1. The lowest BCUT2D eigenvalue weighted by Crippen LogP contribution is -2.36. The third kappa shape index (κ3) is 6.36. The van der Waals surface area contributed by atoms with Gasteiger partial charge in [-0.15, -0.1) is 35.1 Å². The monoisotopic (exact) mass is 595 g/mol. The number of ether oxygens (including phenoxy) is 1. The van der Waals surface area contributed by atoms with E-state index >= 15 is 0 Å². The zero-order valence-electron chi connectivity index (χ0n) is 21.1. The minimum absolute atomic E-state index is 0. The summed E-state index contributed by atoms with van der Waals surface area (Å²) in [5.41, 5.74) is 2.06. The Kier molecular flexibility index (Phi) is 8.66. The summed E-state index contributed by atoms with van der Waals surface area (Å²) in [6, 6.07) is 15.8. The van der Waals surface area contributed by atoms with Crippen molar-refractivity contribution in [3.05, 3.63) is 77.4 Å². The van der Waals surface area contributed by atoms with Gasteiger partial charge in [0.2, 0.25) is 5.91 Å². The molecule has 6 rings (SSSR count). The second kappa shape index (κ2) is 12.3. The maximum Gasteiger partial charge on any atom is 0.219 e. The lowest BCUT2D eigenvalue weighted by atomic mass is 9.94. The van der Waals surface area contributed by atoms with Crippen LogP contribution in [0.15, 0.2) is 81.5 Å². The molecule has 1 fully saturated rings. The SMILES string of the molecule is CC(=O)N1CCC(c2csc(Nc3ncc(Sc4ccnc5ccsc45)cc3Oc3ccccc3)n2)CC1.Cl. The molecule has 11 heteroatoms. The average molecular weight is 596 g/mol. The van der Waals surface area contributed by atoms with E-state index < -0.39 is 0 Å². The first-order chi connectivity index (χ1) is 18.6. The topological polar surface area (TPSA) is 80.2 Å². The second-order valence-electron chi connectivity index (χ2n) is 8.96. The lowest BCUT2D eigenvalue weighted by Gasteiger charge is -2.30. The van der Waals surface area contributed by atoms with Crippen molar-refractivity contribution in [2.24, 2.45) is 0 Å². The number of halogens is 1. The van der Waals surface area contributed by atoms with Crippen LogP contribution < -0.4 is 10.1 Å². The van der Waals surface area contributed by atoms with E-state index in [1.54, 1.807) is 41.4 Å². The molecule has 0 saturated carbocycles. The largest absolute Gasteiger partial charge is 0.453 e. The van der Waals surface area contributed by atoms with Crippen LogP contribution in [0.5, 0.6) is 11.5 Å². The molecule has 0 atom stereocenters. The Morgan fingerprint density at radius 1 is 1.10 bits per heavy atom. The van der Waals surface area contributed by atoms with Crippen molar-refractivity contribution in [2.45, 2.75) is 35.5 Å². The second-order valence-corrected chi connectivity index (χ2v) is 11.9. The highest BCUT2D eigenvalue weighted by atomic mass is 35.5. The first-order valence-corrected chi connectivity index (χ1v) is 14.9. The Morgan fingerprint density at radius 3 is 2.72 bits per heavy atom. The molecule has 5 heterocycles. The molecule has 0 spiro atoms. The molecular weight excluding hydrogens is 570 g/mol. The van der Waals surface area contributed by atoms with E-state index in [0.29, 0.717) is 17.5 Å². The van der Waals surface area contributed by atoms with Crippen LogP contribution in [0.1, 0.15) is 31.4 Å². The van der Waals surface area contributed by atoms with Gasteiger partial charge in [-0.1, -0.05) is 30.0 Å². The number of carbonyl (C=O) groups is 1. The predicted molar refractivity (Wildman–Crippen MR) is 161 cm³/mol. The molecule has 0 radical (unpaired) electrons. The maximum absolute atomic E-state index is 11.7. The van der Waals surface area contributed by atoms with E-state index in [-0.39, 0.29) is 18.3 Å². The summed E-state index contributed by atoms with van der Waals surface area (Å²) < 4.78 is 7.44. The Bertz CT molecular complexity index is 1570. The Balaban J connectivity index is 0.00000308. The van der Waals surface area contributed by atoms with E-state index in [9.17, 15) is 4.79 Å². The van der Waals surface area contributed by atoms with Crippen molar-refractivity contribution in [1.29, 1.82) is 0 Å². The van der Waals surface area contributed by atoms with Crippen LogP contribution in [0.2, 0.25) is 0 Å². The number of para-hydroxylation sites is 1. The van der Waals surface area contributed by atoms with Gasteiger partial charge < -0.3 is 15.0 Å². The van der Waals surface area contributed by atoms with Gasteiger partial charge in [0.15, 0.2) is 16.7 Å². The fourth-order valence-electron chi connectivity index (χ4n) is 4.45. The number of thiazole rings is 1. The molecule has 7 nitrogen and oxygen atoms in total. The summed E-state index contributed by atoms with van der Waals surface area (Å²) in [7, 11) is 0. The van der Waals surface area contributed by atoms with Gasteiger partial charge in [-0.2, -0.15) is 0 Å². The molecule has 1 saturated heterocycles. The van der Waals surface area contributed by atoms with Gasteiger partial charge in [0.25, 0.3) is 0 Å². The van der Waals surface area contributed by atoms with Gasteiger partial charge in [-0.05, 0) is 42.5 Å². The van der Waals surface area contributed by atoms with Crippen molar-refractivity contribution < 1.29 is 9.53 Å². The van der Waals surface area contributed by atoms with E-state index in [1.807, 2.05) is 65.8 Å². The van der Waals surface area contributed by atoms with E-state index in [2.05, 4.69) is 21.1 Å². The molecule has 1 amide bonds. The van der Waals surface area contributed by atoms with Gasteiger partial charge >= 0.3 is 0 Å². The molecule has 5 aromatic rings. The van der Waals surface area contributed by atoms with Crippen LogP contribution in [0, 0.1) is 0 Å². The smallest absolute Gasteiger partial charge is 0.219 e. The number of hydrogen-bond acceptors (Lipinski definition) is 9. The number of thiophene rings is 1. The normalized spacial score (nSPS) is 13.7. The first-order valence-electron chi connectivity index (χ1n) is 12.3. The van der Waals surface area contributed by atoms with Crippen LogP contribution >= 0.6 is 46.8 Å². The Hall–Kier alpha value is -3.18. The molecule has 0 unspecified atom stereocenters. The van der Waals surface area contributed by atoms with Crippen molar-refractivity contribution in [2.75, 3.05) is 18.4 Å². The van der Waals surface area contributed by atoms with Gasteiger partial charge in [0, 0.05) is 59.6 Å². The van der Waals surface area contributed by atoms with Crippen LogP contribution in [0.25, 0.3) is 10.2 Å². The third-order valence-corrected chi connectivity index (χ3v) is 9.30. The molecule has 200 valence electrons. The minimum atomic E-state index is 0. The zero-order valence-corrected chi connectivity index (χ0v) is 24.3. The number of benzene rings is 1. The standard InChI is InChI=1S/C28H25N5O2S3.ClH/c1-18(34)33-12-8-19(9-13-33)23-17-37-28(31-23)32-27-24(35-20-5-3-2-4-6-20)15-21(16-30-27)38-25-7-11-29-22-10-14-36-26(22)25;/h2-7,10-11,14-17,19H,8-9,12-13H2,1H3,(H,30,31,32);1H. The number of pyridine rings is 2. The molecular formula is C28H26ClN5O2S3. The third-order valence-electron chi connectivity index (χ3n) is 6.44. The summed E-state index contributed by atoms with van der Waals surface area (Å²) in [6.07, 6.45) is 5.56. The number of piperidine rings is 1. The molecule has 39 heavy (non-hydrogen) atoms. The summed E-state index contributed by atoms with van der Waals surface area (Å²) in [6.45, 7) is 3.20. The Labute approximate surface area is 245 Å². The van der Waals surface area contributed by atoms with Crippen molar-refractivity contribution >= 4 is 73.9 Å². The number of rotatable bonds is 7. The van der Waals surface area contributed by atoms with Crippen LogP contribution in [0.3, 0.4) is 0 Å². The number of likely N-dealkylation sites (tertiary alicyclic amines) is 1. The summed E-state index contributed by atoms with van der Waals surface area (Å²) in [4.78, 5) is 29.7. The minimum Gasteiger partial charge on any atom is -0.453 e. The highest BCUT2D eigenvalue weighted by Crippen LogP contribution is 2.40. The molecule has 4 aromatic heterocycles. The fraction of sp³-hybridized carbons (Fsp3) is 0.214. The molecule has 1 aliphatic rings. The molecule has 1 aliphatic heterocycles. The highest BCUT2D eigenvalue weighted by Gasteiger charge is 2.24. The van der Waals surface area contributed by atoms with E-state index in [1.165, 1.54) is 0 Å². The quantitative estimate of drug-likeness (QED) is 0.204. The number of amides is 1. The number of nitrogens with one attached hydrogen (secondary N) is 1. The number of nitrogens with zero attached hydrogens (tertiary/aromatic N) is 4. The van der Waals surface area contributed by atoms with Gasteiger partial charge in [-0.25, -0.2) is 9.97 Å². The predicted octanol–water partition coefficient (Wildman–Crippen LogP) is 7.98. The highest BCUT2D eigenvalue weighted by molar-refractivity contribution is 7.99. The molecule has 1 aromatic carbocycles. The van der Waals surface area contributed by atoms with Gasteiger partial charge in [-0.3, -0.25) is 9.78 Å². The summed E-state index contributed by atoms with van der Waals surface area (Å²) >= 11 is 4.89. The molecule has 0 bridgehead atoms. The van der Waals surface area contributed by atoms with E-state index in [4.69, 9.17) is 14.7 Å². The van der Waals surface area contributed by atoms with E-state index in [0.717, 1.165) is 62.5 Å². The van der Waals surface area contributed by atoms with Gasteiger partial charge in [0.05, 0.1) is 15.9 Å². The molecule has 1 N–H and O–H groups in total. The van der Waals surface area contributed by atoms with Crippen molar-refractivity contribution in [3.8, 4) is 11.5 Å². The Morgan fingerprint density at radius 2 is 1.92 bits per heavy atom. The van der Waals surface area contributed by atoms with Crippen LogP contribution in [-0.4, -0.2) is 38.8 Å². The molecule has 0 aliphatic carbocycles.